The van der Waals surface area contributed by atoms with Crippen LogP contribution in [0.2, 0.25) is 0 Å². The lowest BCUT2D eigenvalue weighted by molar-refractivity contribution is -0.438. The average molecular weight is 1020 g/mol. The summed E-state index contributed by atoms with van der Waals surface area (Å²) >= 11 is 0. The molecule has 18 nitrogen and oxygen atoms in total. The Labute approximate surface area is 406 Å². The summed E-state index contributed by atoms with van der Waals surface area (Å²) in [6, 6.07) is 11.6. The lowest BCUT2D eigenvalue weighted by Gasteiger charge is -2.42. The molecule has 3 aromatic rings. The molecule has 382 valence electrons. The molecule has 4 N–H and O–H groups in total. The number of nitrogens with zero attached hydrogens (tertiary/aromatic N) is 3. The summed E-state index contributed by atoms with van der Waals surface area (Å²) in [7, 11) is -10.5. The standard InChI is InChI=1S/C48H67N3O15S3/c1-33(30-41-47(7,22-14-28-67(55,56)57)37-32-35(69(61,62)64-10)17-19-39(37)50(41)46(5,6)23-27-65-45(2,3)4)29-40-48(8,24-26-63-9)36-31-34(68(58,59)60)16-18-38(36)49(40)25-13-11-12-15-44(54)66-51-42(52)20-21-43(51)53/h16-21,29-32H,11-15,22-28H2,1-10H3,(H3-,52,53,55,56,57,58,59,60)/p+1. The number of allylic oxidation sites excluding steroid dienone is 4. The van der Waals surface area contributed by atoms with E-state index in [9.17, 15) is 49.4 Å². The predicted octanol–water partition coefficient (Wildman–Crippen LogP) is 7.35. The molecule has 3 heterocycles. The minimum atomic E-state index is -4.61. The highest BCUT2D eigenvalue weighted by atomic mass is 32.2. The Kier molecular flexibility index (Phi) is 16.8. The molecular formula is C48H68N3O15S3+. The number of hydrogen-bond acceptors (Lipinski definition) is 14. The van der Waals surface area contributed by atoms with Crippen LogP contribution in [0.4, 0.5) is 11.4 Å². The van der Waals surface area contributed by atoms with E-state index < -0.39 is 75.8 Å². The third kappa shape index (κ3) is 12.8. The molecule has 2 atom stereocenters. The van der Waals surface area contributed by atoms with Crippen molar-refractivity contribution in [2.24, 2.45) is 0 Å². The summed E-state index contributed by atoms with van der Waals surface area (Å²) < 4.78 is 115. The van der Waals surface area contributed by atoms with Gasteiger partial charge in [0.25, 0.3) is 30.4 Å². The van der Waals surface area contributed by atoms with E-state index in [1.807, 2.05) is 67.5 Å². The quantitative estimate of drug-likeness (QED) is 0.0314. The molecule has 0 aliphatic carbocycles. The van der Waals surface area contributed by atoms with Crippen LogP contribution in [0.1, 0.15) is 118 Å². The summed E-state index contributed by atoms with van der Waals surface area (Å²) in [5.74, 6) is -2.06. The number of fused-ring (bicyclic) bond motifs is 2. The summed E-state index contributed by atoms with van der Waals surface area (Å²) in [5.41, 5.74) is 1.79. The first-order valence-corrected chi connectivity index (χ1v) is 27.2. The molecule has 0 amide bonds. The first-order valence-electron chi connectivity index (χ1n) is 22.7. The molecule has 5 rings (SSSR count). The van der Waals surface area contributed by atoms with Crippen molar-refractivity contribution in [3.63, 3.8) is 0 Å². The number of unbranched alkanes of at least 4 members (excludes halogenated alkanes) is 2. The molecule has 2 aromatic carbocycles. The van der Waals surface area contributed by atoms with E-state index in [-0.39, 0.29) is 35.7 Å². The van der Waals surface area contributed by atoms with Gasteiger partial charge in [-0.2, -0.15) is 29.8 Å². The largest absolute Gasteiger partial charge is 0.492 e. The van der Waals surface area contributed by atoms with E-state index in [4.69, 9.17) is 18.5 Å². The van der Waals surface area contributed by atoms with Crippen LogP contribution in [-0.2, 0) is 59.6 Å². The van der Waals surface area contributed by atoms with Gasteiger partial charge in [0.15, 0.2) is 5.71 Å². The van der Waals surface area contributed by atoms with Gasteiger partial charge in [0.2, 0.25) is 17.4 Å². The number of aromatic nitrogens is 1. The van der Waals surface area contributed by atoms with Crippen molar-refractivity contribution in [1.29, 1.82) is 0 Å². The summed E-state index contributed by atoms with van der Waals surface area (Å²) in [4.78, 5) is 19.5. The van der Waals surface area contributed by atoms with Gasteiger partial charge in [-0.3, -0.25) is 13.3 Å². The van der Waals surface area contributed by atoms with Crippen LogP contribution >= 0.6 is 0 Å². The van der Waals surface area contributed by atoms with Gasteiger partial charge in [-0.1, -0.05) is 0 Å². The maximum atomic E-state index is 13.2. The molecule has 0 fully saturated rings. The Bertz CT molecular complexity index is 2820. The molecule has 0 saturated carbocycles. The van der Waals surface area contributed by atoms with Crippen molar-refractivity contribution < 1.29 is 72.4 Å². The topological polar surface area (TPSA) is 249 Å². The highest BCUT2D eigenvalue weighted by Gasteiger charge is 2.50. The number of carbonyl (C=O) groups is 1. The fraction of sp³-hybridized carbons (Fsp3) is 0.542. The maximum absolute atomic E-state index is 13.2. The third-order valence-electron chi connectivity index (χ3n) is 12.8. The summed E-state index contributed by atoms with van der Waals surface area (Å²) in [6.45, 7) is 16.8. The zero-order valence-corrected chi connectivity index (χ0v) is 43.6. The van der Waals surface area contributed by atoms with Crippen molar-refractivity contribution >= 4 is 53.4 Å². The highest BCUT2D eigenvalue weighted by molar-refractivity contribution is 7.86. The zero-order valence-electron chi connectivity index (χ0n) is 41.1. The average Bonchev–Trinajstić information content (AvgIpc) is 3.77. The number of rotatable bonds is 23. The van der Waals surface area contributed by atoms with E-state index in [0.29, 0.717) is 72.5 Å². The molecule has 0 saturated heterocycles. The van der Waals surface area contributed by atoms with Crippen LogP contribution in [0.3, 0.4) is 0 Å². The van der Waals surface area contributed by atoms with Gasteiger partial charge in [-0.05, 0) is 141 Å². The molecular weight excluding hydrogens is 955 g/mol. The van der Waals surface area contributed by atoms with Crippen LogP contribution in [0.5, 0.6) is 11.8 Å². The maximum Gasteiger partial charge on any atom is 0.333 e. The van der Waals surface area contributed by atoms with E-state index in [1.54, 1.807) is 25.3 Å². The molecule has 2 aliphatic heterocycles. The van der Waals surface area contributed by atoms with Crippen molar-refractivity contribution in [3.05, 3.63) is 83.1 Å². The van der Waals surface area contributed by atoms with E-state index >= 15 is 0 Å². The Balaban J connectivity index is 1.68. The molecule has 2 unspecified atom stereocenters. The van der Waals surface area contributed by atoms with Crippen LogP contribution in [0.15, 0.2) is 81.7 Å². The number of benzene rings is 2. The van der Waals surface area contributed by atoms with Gasteiger partial charge in [-0.25, -0.2) is 4.79 Å². The van der Waals surface area contributed by atoms with Crippen molar-refractivity contribution in [2.75, 3.05) is 44.6 Å². The van der Waals surface area contributed by atoms with E-state index in [1.165, 1.54) is 30.3 Å². The van der Waals surface area contributed by atoms with Gasteiger partial charge < -0.3 is 29.4 Å². The molecule has 21 heteroatoms. The SMILES string of the molecule is COCCC1(C)C(C=C(C)C=C2N(C(C)(C)CCOC(C)(C)C)c3ccc(S(=O)(=O)OC)cc3C2(C)CCCS(=O)(=O)O)=[N+](CCCCCC(=O)On2c(O)ccc2O)c2ccc(S(=O)(=O)O)cc21. The van der Waals surface area contributed by atoms with Crippen molar-refractivity contribution in [2.45, 2.75) is 139 Å². The van der Waals surface area contributed by atoms with Crippen molar-refractivity contribution in [1.82, 2.24) is 4.73 Å². The second kappa shape index (κ2) is 21.0. The van der Waals surface area contributed by atoms with E-state index in [2.05, 4.69) is 9.48 Å². The number of anilines is 1. The monoisotopic (exact) mass is 1020 g/mol. The smallest absolute Gasteiger partial charge is 0.333 e. The molecule has 0 bridgehead atoms. The first kappa shape index (κ1) is 55.3. The Morgan fingerprint density at radius 1 is 0.797 bits per heavy atom. The second-order valence-electron chi connectivity index (χ2n) is 19.7. The van der Waals surface area contributed by atoms with Crippen LogP contribution in [0.25, 0.3) is 0 Å². The second-order valence-corrected chi connectivity index (χ2v) is 24.4. The molecule has 1 aromatic heterocycles. The normalized spacial score (nSPS) is 19.7. The number of hydrogen-bond donors (Lipinski definition) is 4. The van der Waals surface area contributed by atoms with Gasteiger partial charge >= 0.3 is 5.97 Å². The predicted molar refractivity (Wildman–Crippen MR) is 260 cm³/mol. The number of aromatic hydroxyl groups is 2. The Morgan fingerprint density at radius 2 is 1.43 bits per heavy atom. The minimum absolute atomic E-state index is 0.0143. The van der Waals surface area contributed by atoms with Crippen molar-refractivity contribution in [3.8, 4) is 11.8 Å². The Morgan fingerprint density at radius 3 is 2.03 bits per heavy atom. The van der Waals surface area contributed by atoms with Gasteiger partial charge in [0, 0.05) is 85.3 Å². The summed E-state index contributed by atoms with van der Waals surface area (Å²) in [5, 5.41) is 19.8. The highest BCUT2D eigenvalue weighted by Crippen LogP contribution is 2.55. The van der Waals surface area contributed by atoms with Gasteiger partial charge in [-0.15, -0.1) is 4.73 Å². The molecule has 69 heavy (non-hydrogen) atoms. The number of methoxy groups -OCH3 is 1. The number of carbonyl (C=O) groups excluding carboxylic acids is 1. The fourth-order valence-corrected chi connectivity index (χ4v) is 10.9. The third-order valence-corrected chi connectivity index (χ3v) is 15.8. The summed E-state index contributed by atoms with van der Waals surface area (Å²) in [6.07, 6.45) is 6.60. The van der Waals surface area contributed by atoms with Gasteiger partial charge in [0.05, 0.1) is 33.7 Å². The van der Waals surface area contributed by atoms with Gasteiger partial charge in [0.1, 0.15) is 6.54 Å². The van der Waals surface area contributed by atoms with Crippen LogP contribution < -0.4 is 9.74 Å². The van der Waals surface area contributed by atoms with Crippen LogP contribution in [0, 0.1) is 0 Å². The fourth-order valence-electron chi connectivity index (χ4n) is 9.18. The lowest BCUT2D eigenvalue weighted by atomic mass is 9.75. The zero-order chi connectivity index (χ0) is 51.5. The lowest BCUT2D eigenvalue weighted by Crippen LogP contribution is -2.45. The minimum Gasteiger partial charge on any atom is -0.492 e. The Hall–Kier alpha value is -4.61. The molecule has 2 aliphatic rings. The van der Waals surface area contributed by atoms with Crippen LogP contribution in [-0.4, -0.2) is 116 Å². The van der Waals surface area contributed by atoms with E-state index in [0.717, 1.165) is 24.1 Å². The molecule has 0 radical (unpaired) electrons. The number of ether oxygens (including phenoxy) is 2. The first-order chi connectivity index (χ1) is 31.9. The molecule has 0 spiro atoms.